The highest BCUT2D eigenvalue weighted by Crippen LogP contribution is 2.32. The maximum absolute atomic E-state index is 11.0. The summed E-state index contributed by atoms with van der Waals surface area (Å²) in [6, 6.07) is 0. The fourth-order valence-electron chi connectivity index (χ4n) is 2.63. The Bertz CT molecular complexity index is 227. The van der Waals surface area contributed by atoms with Crippen molar-refractivity contribution in [2.45, 2.75) is 58.3 Å². The molecular weight excluding hydrogens is 212 g/mol. The van der Waals surface area contributed by atoms with E-state index in [2.05, 4.69) is 13.5 Å². The minimum absolute atomic E-state index is 0.282. The van der Waals surface area contributed by atoms with Crippen molar-refractivity contribution in [2.75, 3.05) is 6.61 Å². The van der Waals surface area contributed by atoms with Crippen molar-refractivity contribution in [1.82, 2.24) is 0 Å². The van der Waals surface area contributed by atoms with Crippen LogP contribution < -0.4 is 0 Å². The van der Waals surface area contributed by atoms with Gasteiger partial charge in [-0.15, -0.1) is 0 Å². The molecule has 0 amide bonds. The summed E-state index contributed by atoms with van der Waals surface area (Å²) in [6.45, 7) is 6.25. The summed E-state index contributed by atoms with van der Waals surface area (Å²) in [5.41, 5.74) is 0. The molecule has 1 aliphatic carbocycles. The van der Waals surface area contributed by atoms with E-state index in [1.807, 2.05) is 0 Å². The number of hydrogen-bond acceptors (Lipinski definition) is 2. The van der Waals surface area contributed by atoms with Crippen LogP contribution in [-0.4, -0.2) is 12.6 Å². The Labute approximate surface area is 105 Å². The van der Waals surface area contributed by atoms with Gasteiger partial charge in [-0.25, -0.2) is 4.79 Å². The molecule has 17 heavy (non-hydrogen) atoms. The molecule has 0 aliphatic heterocycles. The van der Waals surface area contributed by atoms with Gasteiger partial charge in [-0.3, -0.25) is 0 Å². The first-order chi connectivity index (χ1) is 8.26. The Morgan fingerprint density at radius 1 is 1.24 bits per heavy atom. The van der Waals surface area contributed by atoms with Crippen LogP contribution in [0.1, 0.15) is 58.3 Å². The van der Waals surface area contributed by atoms with Gasteiger partial charge in [0.2, 0.25) is 0 Å². The molecule has 0 N–H and O–H groups in total. The summed E-state index contributed by atoms with van der Waals surface area (Å²) in [5.74, 6) is 1.23. The number of rotatable bonds is 7. The largest absolute Gasteiger partial charge is 0.462 e. The van der Waals surface area contributed by atoms with Crippen LogP contribution in [0.5, 0.6) is 0 Å². The van der Waals surface area contributed by atoms with Crippen molar-refractivity contribution in [1.29, 1.82) is 0 Å². The fourth-order valence-corrected chi connectivity index (χ4v) is 2.63. The molecule has 0 saturated heterocycles. The van der Waals surface area contributed by atoms with E-state index in [4.69, 9.17) is 4.74 Å². The van der Waals surface area contributed by atoms with Gasteiger partial charge in [0.05, 0.1) is 6.61 Å². The van der Waals surface area contributed by atoms with Crippen molar-refractivity contribution in [2.24, 2.45) is 11.8 Å². The van der Waals surface area contributed by atoms with Crippen LogP contribution in [0.2, 0.25) is 0 Å². The minimum atomic E-state index is -0.282. The van der Waals surface area contributed by atoms with Crippen LogP contribution in [0.3, 0.4) is 0 Å². The third-order valence-electron chi connectivity index (χ3n) is 3.81. The summed E-state index contributed by atoms with van der Waals surface area (Å²) >= 11 is 0. The van der Waals surface area contributed by atoms with Gasteiger partial charge >= 0.3 is 5.97 Å². The molecule has 0 atom stereocenters. The molecule has 2 heteroatoms. The molecule has 1 aliphatic rings. The Kier molecular flexibility index (Phi) is 6.99. The molecule has 0 aromatic carbocycles. The van der Waals surface area contributed by atoms with E-state index in [9.17, 15) is 4.79 Å². The van der Waals surface area contributed by atoms with Crippen molar-refractivity contribution >= 4 is 5.97 Å². The van der Waals surface area contributed by atoms with Crippen molar-refractivity contribution < 1.29 is 9.53 Å². The summed E-state index contributed by atoms with van der Waals surface area (Å²) < 4.78 is 5.11. The zero-order valence-corrected chi connectivity index (χ0v) is 11.1. The van der Waals surface area contributed by atoms with Gasteiger partial charge in [0.15, 0.2) is 0 Å². The Morgan fingerprint density at radius 3 is 2.47 bits per heavy atom. The van der Waals surface area contributed by atoms with E-state index >= 15 is 0 Å². The molecular formula is C15H26O2. The van der Waals surface area contributed by atoms with Gasteiger partial charge in [-0.2, -0.15) is 0 Å². The molecule has 0 bridgehead atoms. The number of hydrogen-bond donors (Lipinski definition) is 0. The second-order valence-electron chi connectivity index (χ2n) is 5.22. The standard InChI is InChI=1S/C15H26O2/c1-3-5-6-7-13-8-10-14(11-9-13)12-17-15(16)4-2/h4,13-14H,2-3,5-12H2,1H3. The van der Waals surface area contributed by atoms with E-state index in [1.165, 1.54) is 57.4 Å². The van der Waals surface area contributed by atoms with E-state index in [0.29, 0.717) is 12.5 Å². The number of esters is 1. The molecule has 1 rings (SSSR count). The van der Waals surface area contributed by atoms with E-state index in [0.717, 1.165) is 5.92 Å². The summed E-state index contributed by atoms with van der Waals surface area (Å²) in [7, 11) is 0. The van der Waals surface area contributed by atoms with Gasteiger partial charge in [0.25, 0.3) is 0 Å². The predicted octanol–water partition coefficient (Wildman–Crippen LogP) is 4.10. The Balaban J connectivity index is 2.08. The second kappa shape index (κ2) is 8.32. The topological polar surface area (TPSA) is 26.3 Å². The first-order valence-electron chi connectivity index (χ1n) is 7.05. The van der Waals surface area contributed by atoms with Crippen molar-refractivity contribution in [3.05, 3.63) is 12.7 Å². The molecule has 98 valence electrons. The van der Waals surface area contributed by atoms with Crippen molar-refractivity contribution in [3.8, 4) is 0 Å². The molecule has 0 heterocycles. The first-order valence-corrected chi connectivity index (χ1v) is 7.05. The van der Waals surface area contributed by atoms with Crippen LogP contribution >= 0.6 is 0 Å². The first kappa shape index (κ1) is 14.3. The highest BCUT2D eigenvalue weighted by molar-refractivity contribution is 5.81. The summed E-state index contributed by atoms with van der Waals surface area (Å²) in [5, 5.41) is 0. The molecule has 0 aromatic heterocycles. The predicted molar refractivity (Wildman–Crippen MR) is 70.7 cm³/mol. The number of unbranched alkanes of at least 4 members (excludes halogenated alkanes) is 2. The van der Waals surface area contributed by atoms with Crippen LogP contribution in [0.25, 0.3) is 0 Å². The van der Waals surface area contributed by atoms with Crippen LogP contribution in [0, 0.1) is 11.8 Å². The second-order valence-corrected chi connectivity index (χ2v) is 5.22. The summed E-state index contributed by atoms with van der Waals surface area (Å²) in [4.78, 5) is 11.0. The molecule has 0 spiro atoms. The molecule has 0 aromatic rings. The van der Waals surface area contributed by atoms with E-state index < -0.39 is 0 Å². The van der Waals surface area contributed by atoms with E-state index in [-0.39, 0.29) is 5.97 Å². The lowest BCUT2D eigenvalue weighted by molar-refractivity contribution is -0.139. The number of ether oxygens (including phenoxy) is 1. The third kappa shape index (κ3) is 5.90. The average molecular weight is 238 g/mol. The lowest BCUT2D eigenvalue weighted by atomic mass is 9.80. The Morgan fingerprint density at radius 2 is 1.88 bits per heavy atom. The Hall–Kier alpha value is -0.790. The molecule has 1 fully saturated rings. The monoisotopic (exact) mass is 238 g/mol. The quantitative estimate of drug-likeness (QED) is 0.379. The third-order valence-corrected chi connectivity index (χ3v) is 3.81. The van der Waals surface area contributed by atoms with Gasteiger partial charge in [0.1, 0.15) is 0 Å². The van der Waals surface area contributed by atoms with Crippen LogP contribution in [0.4, 0.5) is 0 Å². The maximum Gasteiger partial charge on any atom is 0.330 e. The lowest BCUT2D eigenvalue weighted by Gasteiger charge is -2.28. The molecule has 0 radical (unpaired) electrons. The fraction of sp³-hybridized carbons (Fsp3) is 0.800. The lowest BCUT2D eigenvalue weighted by Crippen LogP contribution is -2.20. The van der Waals surface area contributed by atoms with Crippen LogP contribution in [0.15, 0.2) is 12.7 Å². The van der Waals surface area contributed by atoms with Crippen LogP contribution in [-0.2, 0) is 9.53 Å². The minimum Gasteiger partial charge on any atom is -0.462 e. The normalized spacial score (nSPS) is 24.3. The van der Waals surface area contributed by atoms with Crippen molar-refractivity contribution in [3.63, 3.8) is 0 Å². The van der Waals surface area contributed by atoms with Gasteiger partial charge in [-0.1, -0.05) is 52.0 Å². The molecule has 2 nitrogen and oxygen atoms in total. The number of carbonyl (C=O) groups excluding carboxylic acids is 1. The SMILES string of the molecule is C=CC(=O)OCC1CCC(CCCCC)CC1. The van der Waals surface area contributed by atoms with Gasteiger partial charge in [0, 0.05) is 6.08 Å². The molecule has 1 saturated carbocycles. The summed E-state index contributed by atoms with van der Waals surface area (Å²) in [6.07, 6.45) is 11.8. The van der Waals surface area contributed by atoms with Gasteiger partial charge in [-0.05, 0) is 24.7 Å². The zero-order chi connectivity index (χ0) is 12.5. The number of carbonyl (C=O) groups is 1. The highest BCUT2D eigenvalue weighted by Gasteiger charge is 2.21. The smallest absolute Gasteiger partial charge is 0.330 e. The zero-order valence-electron chi connectivity index (χ0n) is 11.1. The van der Waals surface area contributed by atoms with Gasteiger partial charge < -0.3 is 4.74 Å². The maximum atomic E-state index is 11.0. The average Bonchev–Trinajstić information content (AvgIpc) is 2.37. The highest BCUT2D eigenvalue weighted by atomic mass is 16.5. The van der Waals surface area contributed by atoms with E-state index in [1.54, 1.807) is 0 Å². The molecule has 0 unspecified atom stereocenters.